The summed E-state index contributed by atoms with van der Waals surface area (Å²) in [7, 11) is 0. The summed E-state index contributed by atoms with van der Waals surface area (Å²) in [5, 5.41) is 4.38. The van der Waals surface area contributed by atoms with Crippen LogP contribution in [0.1, 0.15) is 0 Å². The van der Waals surface area contributed by atoms with Gasteiger partial charge in [0.25, 0.3) is 0 Å². The summed E-state index contributed by atoms with van der Waals surface area (Å²) in [6.45, 7) is 0.226. The maximum absolute atomic E-state index is 13.5. The highest BCUT2D eigenvalue weighted by atomic mass is 19.1. The van der Waals surface area contributed by atoms with Gasteiger partial charge in [0.2, 0.25) is 0 Å². The van der Waals surface area contributed by atoms with Crippen LogP contribution >= 0.6 is 0 Å². The zero-order chi connectivity index (χ0) is 17.8. The van der Waals surface area contributed by atoms with E-state index in [2.05, 4.69) is 5.32 Å². The average molecular weight is 348 g/mol. The fourth-order valence-electron chi connectivity index (χ4n) is 2.22. The molecule has 2 amide bonds. The quantitative estimate of drug-likeness (QED) is 0.830. The van der Waals surface area contributed by atoms with Crippen molar-refractivity contribution in [2.24, 2.45) is 0 Å². The monoisotopic (exact) mass is 348 g/mol. The smallest absolute Gasteiger partial charge is 0.313 e. The van der Waals surface area contributed by atoms with Crippen LogP contribution in [0.25, 0.3) is 0 Å². The van der Waals surface area contributed by atoms with Gasteiger partial charge < -0.3 is 20.1 Å². The summed E-state index contributed by atoms with van der Waals surface area (Å²) in [5.74, 6) is -2.54. The number of fused-ring (bicyclic) bond motifs is 1. The van der Waals surface area contributed by atoms with Crippen LogP contribution in [-0.2, 0) is 9.59 Å². The topological polar surface area (TPSA) is 76.7 Å². The maximum Gasteiger partial charge on any atom is 0.313 e. The van der Waals surface area contributed by atoms with Gasteiger partial charge in [0.1, 0.15) is 24.3 Å². The number of halogens is 2. The standard InChI is InChI=1S/C17H14F2N2O4/c18-10-5-6-12(19)13(7-10)21-17(23)16(22)20-8-11-9-24-14-3-1-2-4-15(14)25-11/h1-7,11H,8-9H2,(H,20,22)(H,21,23). The molecule has 1 unspecified atom stereocenters. The third kappa shape index (κ3) is 4.03. The minimum absolute atomic E-state index is 0.0201. The Morgan fingerprint density at radius 2 is 1.84 bits per heavy atom. The van der Waals surface area contributed by atoms with Crippen LogP contribution in [0.3, 0.4) is 0 Å². The van der Waals surface area contributed by atoms with Gasteiger partial charge in [-0.3, -0.25) is 9.59 Å². The molecular formula is C17H14F2N2O4. The second-order valence-corrected chi connectivity index (χ2v) is 5.29. The number of carbonyl (C=O) groups excluding carboxylic acids is 2. The lowest BCUT2D eigenvalue weighted by Crippen LogP contribution is -2.44. The molecule has 1 heterocycles. The van der Waals surface area contributed by atoms with Crippen LogP contribution in [-0.4, -0.2) is 31.1 Å². The first-order valence-corrected chi connectivity index (χ1v) is 7.45. The van der Waals surface area contributed by atoms with Crippen LogP contribution < -0.4 is 20.1 Å². The first kappa shape index (κ1) is 16.7. The molecule has 8 heteroatoms. The fraction of sp³-hybridized carbons (Fsp3) is 0.176. The van der Waals surface area contributed by atoms with Crippen LogP contribution in [0.5, 0.6) is 11.5 Å². The third-order valence-corrected chi connectivity index (χ3v) is 3.44. The summed E-state index contributed by atoms with van der Waals surface area (Å²) >= 11 is 0. The Kier molecular flexibility index (Phi) is 4.78. The molecule has 0 spiro atoms. The Morgan fingerprint density at radius 1 is 1.08 bits per heavy atom. The van der Waals surface area contributed by atoms with E-state index >= 15 is 0 Å². The normalized spacial score (nSPS) is 15.4. The molecule has 130 valence electrons. The predicted molar refractivity (Wildman–Crippen MR) is 84.4 cm³/mol. The molecule has 0 aromatic heterocycles. The number of hydrogen-bond acceptors (Lipinski definition) is 4. The van der Waals surface area contributed by atoms with Crippen molar-refractivity contribution < 1.29 is 27.8 Å². The number of rotatable bonds is 3. The van der Waals surface area contributed by atoms with E-state index in [1.165, 1.54) is 0 Å². The number of amides is 2. The number of ether oxygens (including phenoxy) is 2. The number of nitrogens with one attached hydrogen (secondary N) is 2. The second kappa shape index (κ2) is 7.16. The van der Waals surface area contributed by atoms with Gasteiger partial charge in [0, 0.05) is 6.07 Å². The first-order chi connectivity index (χ1) is 12.0. The Hall–Kier alpha value is -3.16. The predicted octanol–water partition coefficient (Wildman–Crippen LogP) is 1.86. The van der Waals surface area contributed by atoms with Crippen molar-refractivity contribution in [3.8, 4) is 11.5 Å². The highest BCUT2D eigenvalue weighted by Gasteiger charge is 2.23. The van der Waals surface area contributed by atoms with Crippen molar-refractivity contribution in [2.75, 3.05) is 18.5 Å². The molecule has 1 atom stereocenters. The van der Waals surface area contributed by atoms with Gasteiger partial charge in [-0.05, 0) is 24.3 Å². The second-order valence-electron chi connectivity index (χ2n) is 5.29. The number of benzene rings is 2. The van der Waals surface area contributed by atoms with Crippen LogP contribution in [0.15, 0.2) is 42.5 Å². The van der Waals surface area contributed by atoms with E-state index in [0.29, 0.717) is 11.5 Å². The number of para-hydroxylation sites is 2. The van der Waals surface area contributed by atoms with Gasteiger partial charge >= 0.3 is 11.8 Å². The Labute approximate surface area is 141 Å². The van der Waals surface area contributed by atoms with E-state index in [4.69, 9.17) is 9.47 Å². The summed E-state index contributed by atoms with van der Waals surface area (Å²) in [5.41, 5.74) is -0.411. The lowest BCUT2D eigenvalue weighted by atomic mass is 10.2. The summed E-state index contributed by atoms with van der Waals surface area (Å²) in [6, 6.07) is 9.62. The molecule has 0 fully saturated rings. The largest absolute Gasteiger partial charge is 0.486 e. The highest BCUT2D eigenvalue weighted by Crippen LogP contribution is 2.30. The SMILES string of the molecule is O=C(NCC1COc2ccccc2O1)C(=O)Nc1cc(F)ccc1F. The van der Waals surface area contributed by atoms with Crippen molar-refractivity contribution in [2.45, 2.75) is 6.10 Å². The van der Waals surface area contributed by atoms with Crippen LogP contribution in [0.4, 0.5) is 14.5 Å². The van der Waals surface area contributed by atoms with Crippen molar-refractivity contribution in [3.05, 3.63) is 54.1 Å². The van der Waals surface area contributed by atoms with Gasteiger partial charge in [-0.15, -0.1) is 0 Å². The zero-order valence-corrected chi connectivity index (χ0v) is 12.9. The van der Waals surface area contributed by atoms with E-state index < -0.39 is 35.2 Å². The van der Waals surface area contributed by atoms with E-state index in [0.717, 1.165) is 18.2 Å². The molecule has 0 bridgehead atoms. The Morgan fingerprint density at radius 3 is 2.64 bits per heavy atom. The van der Waals surface area contributed by atoms with Crippen molar-refractivity contribution in [3.63, 3.8) is 0 Å². The van der Waals surface area contributed by atoms with E-state index in [9.17, 15) is 18.4 Å². The molecule has 3 rings (SSSR count). The average Bonchev–Trinajstić information content (AvgIpc) is 2.62. The molecule has 1 aliphatic heterocycles. The van der Waals surface area contributed by atoms with Gasteiger partial charge in [-0.2, -0.15) is 0 Å². The highest BCUT2D eigenvalue weighted by molar-refractivity contribution is 6.39. The summed E-state index contributed by atoms with van der Waals surface area (Å²) < 4.78 is 37.6. The first-order valence-electron chi connectivity index (χ1n) is 7.45. The Balaban J connectivity index is 1.52. The van der Waals surface area contributed by atoms with Crippen molar-refractivity contribution >= 4 is 17.5 Å². The lowest BCUT2D eigenvalue weighted by molar-refractivity contribution is -0.136. The number of anilines is 1. The molecule has 0 saturated carbocycles. The molecule has 25 heavy (non-hydrogen) atoms. The van der Waals surface area contributed by atoms with E-state index in [-0.39, 0.29) is 13.2 Å². The Bertz CT molecular complexity index is 813. The lowest BCUT2D eigenvalue weighted by Gasteiger charge is -2.26. The number of carbonyl (C=O) groups is 2. The van der Waals surface area contributed by atoms with E-state index in [1.807, 2.05) is 5.32 Å². The number of hydrogen-bond donors (Lipinski definition) is 2. The van der Waals surface area contributed by atoms with Gasteiger partial charge in [0.15, 0.2) is 11.5 Å². The van der Waals surface area contributed by atoms with Crippen molar-refractivity contribution in [1.82, 2.24) is 5.32 Å². The van der Waals surface area contributed by atoms with Gasteiger partial charge in [-0.1, -0.05) is 12.1 Å². The zero-order valence-electron chi connectivity index (χ0n) is 12.9. The minimum Gasteiger partial charge on any atom is -0.486 e. The molecule has 6 nitrogen and oxygen atoms in total. The van der Waals surface area contributed by atoms with Crippen molar-refractivity contribution in [1.29, 1.82) is 0 Å². The third-order valence-electron chi connectivity index (χ3n) is 3.44. The van der Waals surface area contributed by atoms with Gasteiger partial charge in [-0.25, -0.2) is 8.78 Å². The maximum atomic E-state index is 13.5. The van der Waals surface area contributed by atoms with Gasteiger partial charge in [0.05, 0.1) is 12.2 Å². The molecule has 0 saturated heterocycles. The summed E-state index contributed by atoms with van der Waals surface area (Å²) in [4.78, 5) is 23.6. The van der Waals surface area contributed by atoms with E-state index in [1.54, 1.807) is 24.3 Å². The fourth-order valence-corrected chi connectivity index (χ4v) is 2.22. The molecule has 0 radical (unpaired) electrons. The summed E-state index contributed by atoms with van der Waals surface area (Å²) in [6.07, 6.45) is -0.474. The molecular weight excluding hydrogens is 334 g/mol. The van der Waals surface area contributed by atoms with Crippen LogP contribution in [0, 0.1) is 11.6 Å². The molecule has 2 aromatic rings. The van der Waals surface area contributed by atoms with Crippen LogP contribution in [0.2, 0.25) is 0 Å². The molecule has 1 aliphatic rings. The molecule has 0 aliphatic carbocycles. The molecule has 2 aromatic carbocycles. The molecule has 2 N–H and O–H groups in total. The minimum atomic E-state index is -1.11.